The molecule has 1 aliphatic heterocycles. The van der Waals surface area contributed by atoms with Crippen molar-refractivity contribution in [1.82, 2.24) is 15.2 Å². The molecule has 0 bridgehead atoms. The van der Waals surface area contributed by atoms with Crippen molar-refractivity contribution in [1.29, 1.82) is 0 Å². The van der Waals surface area contributed by atoms with Crippen LogP contribution in [-0.2, 0) is 6.54 Å². The number of pyridine rings is 1. The number of aryl methyl sites for hydroxylation is 1. The van der Waals surface area contributed by atoms with Gasteiger partial charge in [0.05, 0.1) is 13.7 Å². The number of methoxy groups -OCH3 is 1. The molecule has 1 aromatic heterocycles. The SMILES string of the molecule is CCNC(=NCc1ccc(C)c(OC)c1)N1CCN(c2ccccn2)CC1.I. The standard InChI is InChI=1S/C21H29N5O.HI/c1-4-22-21(24-16-18-9-8-17(2)19(15-18)27-3)26-13-11-25(12-14-26)20-7-5-6-10-23-20;/h5-10,15H,4,11-14,16H2,1-3H3,(H,22,24);1H. The Morgan fingerprint density at radius 1 is 1.18 bits per heavy atom. The number of nitrogens with zero attached hydrogens (tertiary/aromatic N) is 4. The quantitative estimate of drug-likeness (QED) is 0.392. The van der Waals surface area contributed by atoms with Crippen LogP contribution in [0.5, 0.6) is 5.75 Å². The molecule has 0 unspecified atom stereocenters. The van der Waals surface area contributed by atoms with Gasteiger partial charge < -0.3 is 19.9 Å². The minimum absolute atomic E-state index is 0. The number of hydrogen-bond donors (Lipinski definition) is 1. The molecule has 0 amide bonds. The van der Waals surface area contributed by atoms with Gasteiger partial charge in [0.1, 0.15) is 11.6 Å². The lowest BCUT2D eigenvalue weighted by Crippen LogP contribution is -2.52. The molecular formula is C21H30IN5O. The summed E-state index contributed by atoms with van der Waals surface area (Å²) in [7, 11) is 1.71. The van der Waals surface area contributed by atoms with E-state index in [4.69, 9.17) is 9.73 Å². The minimum atomic E-state index is 0. The third kappa shape index (κ3) is 5.73. The fourth-order valence-electron chi connectivity index (χ4n) is 3.24. The van der Waals surface area contributed by atoms with E-state index in [1.54, 1.807) is 7.11 Å². The van der Waals surface area contributed by atoms with Crippen molar-refractivity contribution < 1.29 is 4.74 Å². The number of halogens is 1. The van der Waals surface area contributed by atoms with Crippen molar-refractivity contribution in [2.24, 2.45) is 4.99 Å². The first kappa shape index (κ1) is 22.3. The summed E-state index contributed by atoms with van der Waals surface area (Å²) in [5.41, 5.74) is 2.29. The molecule has 0 atom stereocenters. The zero-order valence-electron chi connectivity index (χ0n) is 16.9. The van der Waals surface area contributed by atoms with Gasteiger partial charge in [-0.1, -0.05) is 18.2 Å². The van der Waals surface area contributed by atoms with Gasteiger partial charge in [0.2, 0.25) is 0 Å². The molecule has 7 heteroatoms. The number of aliphatic imine (C=N–C) groups is 1. The van der Waals surface area contributed by atoms with Crippen LogP contribution in [0.3, 0.4) is 0 Å². The highest BCUT2D eigenvalue weighted by Gasteiger charge is 2.20. The van der Waals surface area contributed by atoms with Gasteiger partial charge in [-0.15, -0.1) is 24.0 Å². The molecule has 28 heavy (non-hydrogen) atoms. The molecule has 1 N–H and O–H groups in total. The second-order valence-corrected chi connectivity index (χ2v) is 6.64. The topological polar surface area (TPSA) is 53.0 Å². The molecule has 1 fully saturated rings. The van der Waals surface area contributed by atoms with Crippen LogP contribution in [0.15, 0.2) is 47.6 Å². The van der Waals surface area contributed by atoms with E-state index in [0.717, 1.165) is 61.4 Å². The van der Waals surface area contributed by atoms with Gasteiger partial charge in [-0.2, -0.15) is 0 Å². The van der Waals surface area contributed by atoms with Crippen molar-refractivity contribution in [3.05, 3.63) is 53.7 Å². The van der Waals surface area contributed by atoms with Crippen LogP contribution < -0.4 is 15.0 Å². The molecule has 1 aromatic carbocycles. The fraction of sp³-hybridized carbons (Fsp3) is 0.429. The van der Waals surface area contributed by atoms with Gasteiger partial charge in [0.15, 0.2) is 5.96 Å². The minimum Gasteiger partial charge on any atom is -0.496 e. The number of benzene rings is 1. The van der Waals surface area contributed by atoms with Crippen LogP contribution in [0.2, 0.25) is 0 Å². The van der Waals surface area contributed by atoms with Crippen molar-refractivity contribution in [2.45, 2.75) is 20.4 Å². The lowest BCUT2D eigenvalue weighted by atomic mass is 10.1. The van der Waals surface area contributed by atoms with E-state index in [2.05, 4.69) is 58.2 Å². The second kappa shape index (κ2) is 11.1. The molecule has 0 spiro atoms. The summed E-state index contributed by atoms with van der Waals surface area (Å²) in [6, 6.07) is 12.3. The Balaban J connectivity index is 0.00000280. The molecule has 6 nitrogen and oxygen atoms in total. The molecule has 0 radical (unpaired) electrons. The highest BCUT2D eigenvalue weighted by molar-refractivity contribution is 14.0. The van der Waals surface area contributed by atoms with Gasteiger partial charge in [-0.05, 0) is 43.2 Å². The van der Waals surface area contributed by atoms with Crippen molar-refractivity contribution >= 4 is 35.8 Å². The Hall–Kier alpha value is -2.03. The lowest BCUT2D eigenvalue weighted by molar-refractivity contribution is 0.371. The van der Waals surface area contributed by atoms with Crippen LogP contribution in [0, 0.1) is 6.92 Å². The molecule has 1 aliphatic rings. The number of guanidine groups is 1. The van der Waals surface area contributed by atoms with E-state index < -0.39 is 0 Å². The Morgan fingerprint density at radius 2 is 1.96 bits per heavy atom. The Morgan fingerprint density at radius 3 is 2.61 bits per heavy atom. The summed E-state index contributed by atoms with van der Waals surface area (Å²) < 4.78 is 5.42. The van der Waals surface area contributed by atoms with Crippen molar-refractivity contribution in [3.8, 4) is 5.75 Å². The Kier molecular flexibility index (Phi) is 8.82. The maximum Gasteiger partial charge on any atom is 0.194 e. The molecule has 0 saturated carbocycles. The highest BCUT2D eigenvalue weighted by atomic mass is 127. The van der Waals surface area contributed by atoms with Crippen molar-refractivity contribution in [3.63, 3.8) is 0 Å². The zero-order chi connectivity index (χ0) is 19.1. The van der Waals surface area contributed by atoms with Crippen LogP contribution in [0.25, 0.3) is 0 Å². The van der Waals surface area contributed by atoms with Gasteiger partial charge in [0, 0.05) is 38.9 Å². The fourth-order valence-corrected chi connectivity index (χ4v) is 3.24. The summed E-state index contributed by atoms with van der Waals surface area (Å²) in [5, 5.41) is 3.43. The summed E-state index contributed by atoms with van der Waals surface area (Å²) in [6.07, 6.45) is 1.85. The summed E-state index contributed by atoms with van der Waals surface area (Å²) in [4.78, 5) is 14.0. The molecule has 3 rings (SSSR count). The third-order valence-electron chi connectivity index (χ3n) is 4.77. The normalized spacial score (nSPS) is 14.5. The van der Waals surface area contributed by atoms with Crippen LogP contribution in [0.4, 0.5) is 5.82 Å². The number of ether oxygens (including phenoxy) is 1. The Labute approximate surface area is 185 Å². The first-order valence-corrected chi connectivity index (χ1v) is 9.54. The summed E-state index contributed by atoms with van der Waals surface area (Å²) in [5.74, 6) is 2.93. The number of rotatable bonds is 5. The third-order valence-corrected chi connectivity index (χ3v) is 4.77. The van der Waals surface area contributed by atoms with E-state index in [0.29, 0.717) is 6.54 Å². The molecule has 152 valence electrons. The van der Waals surface area contributed by atoms with Crippen LogP contribution >= 0.6 is 24.0 Å². The van der Waals surface area contributed by atoms with Gasteiger partial charge in [-0.25, -0.2) is 9.98 Å². The number of piperazine rings is 1. The largest absolute Gasteiger partial charge is 0.496 e. The average Bonchev–Trinajstić information content (AvgIpc) is 2.73. The number of hydrogen-bond acceptors (Lipinski definition) is 4. The lowest BCUT2D eigenvalue weighted by Gasteiger charge is -2.37. The van der Waals surface area contributed by atoms with Gasteiger partial charge >= 0.3 is 0 Å². The van der Waals surface area contributed by atoms with E-state index in [-0.39, 0.29) is 24.0 Å². The predicted octanol–water partition coefficient (Wildman–Crippen LogP) is 3.30. The molecule has 1 saturated heterocycles. The van der Waals surface area contributed by atoms with Gasteiger partial charge in [-0.3, -0.25) is 0 Å². The van der Waals surface area contributed by atoms with E-state index in [1.165, 1.54) is 0 Å². The molecule has 2 aromatic rings. The van der Waals surface area contributed by atoms with Gasteiger partial charge in [0.25, 0.3) is 0 Å². The van der Waals surface area contributed by atoms with E-state index in [1.807, 2.05) is 18.3 Å². The number of aromatic nitrogens is 1. The zero-order valence-corrected chi connectivity index (χ0v) is 19.2. The first-order chi connectivity index (χ1) is 13.2. The summed E-state index contributed by atoms with van der Waals surface area (Å²) in [6.45, 7) is 9.40. The first-order valence-electron chi connectivity index (χ1n) is 9.54. The van der Waals surface area contributed by atoms with Crippen molar-refractivity contribution in [2.75, 3.05) is 44.7 Å². The van der Waals surface area contributed by atoms with Crippen LogP contribution in [-0.4, -0.2) is 55.7 Å². The maximum absolute atomic E-state index is 5.42. The number of anilines is 1. The van der Waals surface area contributed by atoms with Crippen LogP contribution in [0.1, 0.15) is 18.1 Å². The second-order valence-electron chi connectivity index (χ2n) is 6.64. The molecular weight excluding hydrogens is 465 g/mol. The smallest absolute Gasteiger partial charge is 0.194 e. The molecule has 0 aliphatic carbocycles. The Bertz CT molecular complexity index is 761. The predicted molar refractivity (Wildman–Crippen MR) is 126 cm³/mol. The molecule has 2 heterocycles. The maximum atomic E-state index is 5.42. The summed E-state index contributed by atoms with van der Waals surface area (Å²) >= 11 is 0. The van der Waals surface area contributed by atoms with E-state index >= 15 is 0 Å². The highest BCUT2D eigenvalue weighted by Crippen LogP contribution is 2.19. The average molecular weight is 495 g/mol. The number of nitrogens with one attached hydrogen (secondary N) is 1. The van der Waals surface area contributed by atoms with E-state index in [9.17, 15) is 0 Å². The monoisotopic (exact) mass is 495 g/mol.